The topological polar surface area (TPSA) is 114 Å². The summed E-state index contributed by atoms with van der Waals surface area (Å²) >= 11 is 0. The van der Waals surface area contributed by atoms with E-state index in [1.807, 2.05) is 0 Å². The number of carbonyl (C=O) groups is 1. The molecule has 2 N–H and O–H groups in total. The highest BCUT2D eigenvalue weighted by Crippen LogP contribution is 2.45. The number of rotatable bonds is 2. The molecule has 0 unspecified atom stereocenters. The number of nitrogens with one attached hydrogen (secondary N) is 2. The number of alkyl halides is 2. The molecule has 0 aliphatic carbocycles. The van der Waals surface area contributed by atoms with Crippen molar-refractivity contribution in [2.24, 2.45) is 4.99 Å². The van der Waals surface area contributed by atoms with Crippen molar-refractivity contribution in [1.29, 1.82) is 0 Å². The zero-order valence-corrected chi connectivity index (χ0v) is 13.9. The molecule has 0 saturated heterocycles. The van der Waals surface area contributed by atoms with Crippen LogP contribution in [-0.4, -0.2) is 38.7 Å². The summed E-state index contributed by atoms with van der Waals surface area (Å²) in [5.74, 6) is 0.239. The highest BCUT2D eigenvalue weighted by molar-refractivity contribution is 6.09. The quantitative estimate of drug-likeness (QED) is 0.700. The molecule has 3 aromatic rings. The number of amides is 1. The van der Waals surface area contributed by atoms with Crippen LogP contribution in [0.25, 0.3) is 11.4 Å². The summed E-state index contributed by atoms with van der Waals surface area (Å²) in [6, 6.07) is 9.51. The van der Waals surface area contributed by atoms with Gasteiger partial charge in [-0.05, 0) is 29.0 Å². The van der Waals surface area contributed by atoms with Gasteiger partial charge in [-0.15, -0.1) is 19.0 Å². The average molecular weight is 384 g/mol. The predicted molar refractivity (Wildman–Crippen MR) is 90.5 cm³/mol. The highest BCUT2D eigenvalue weighted by atomic mass is 19.3. The third-order valence-corrected chi connectivity index (χ3v) is 4.20. The second-order valence-electron chi connectivity index (χ2n) is 6.10. The molecule has 2 aromatic carbocycles. The lowest BCUT2D eigenvalue weighted by molar-refractivity contribution is -0.286. The van der Waals surface area contributed by atoms with Crippen LogP contribution in [0.15, 0.2) is 41.4 Å². The first-order valence-electron chi connectivity index (χ1n) is 8.12. The van der Waals surface area contributed by atoms with E-state index in [0.717, 1.165) is 0 Å². The molecular formula is C17H10F2N6O3. The molecule has 0 fully saturated rings. The third kappa shape index (κ3) is 2.82. The monoisotopic (exact) mass is 384 g/mol. The Morgan fingerprint density at radius 2 is 2.00 bits per heavy atom. The number of aliphatic imine (C=N–C) groups is 1. The van der Waals surface area contributed by atoms with E-state index in [-0.39, 0.29) is 23.8 Å². The number of hydrogen-bond donors (Lipinski definition) is 2. The molecule has 9 nitrogen and oxygen atoms in total. The first kappa shape index (κ1) is 16.3. The number of aromatic amines is 1. The fourth-order valence-corrected chi connectivity index (χ4v) is 3.00. The Morgan fingerprint density at radius 1 is 1.18 bits per heavy atom. The number of amidine groups is 1. The summed E-state index contributed by atoms with van der Waals surface area (Å²) in [4.78, 5) is 16.8. The summed E-state index contributed by atoms with van der Waals surface area (Å²) in [5.41, 5.74) is 2.10. The molecule has 1 amide bonds. The summed E-state index contributed by atoms with van der Waals surface area (Å²) in [6.07, 6.45) is -3.41. The van der Waals surface area contributed by atoms with E-state index >= 15 is 0 Å². The molecule has 140 valence electrons. The molecule has 5 rings (SSSR count). The zero-order valence-electron chi connectivity index (χ0n) is 13.9. The van der Waals surface area contributed by atoms with Crippen molar-refractivity contribution in [2.75, 3.05) is 0 Å². The fourth-order valence-electron chi connectivity index (χ4n) is 3.00. The molecule has 0 atom stereocenters. The second kappa shape index (κ2) is 5.81. The Balaban J connectivity index is 1.34. The number of H-pyrrole nitrogens is 1. The Morgan fingerprint density at radius 3 is 2.79 bits per heavy atom. The SMILES string of the molecule is O=C(NC1=Nc2cc3c(cc2C1)OC(F)(F)O3)c1cccc(-c2nn[nH]n2)c1. The number of fused-ring (bicyclic) bond motifs is 2. The number of halogens is 2. The minimum atomic E-state index is -3.68. The van der Waals surface area contributed by atoms with Gasteiger partial charge in [0, 0.05) is 23.6 Å². The summed E-state index contributed by atoms with van der Waals surface area (Å²) < 4.78 is 35.1. The van der Waals surface area contributed by atoms with Crippen molar-refractivity contribution >= 4 is 17.4 Å². The van der Waals surface area contributed by atoms with Crippen LogP contribution in [0, 0.1) is 0 Å². The lowest BCUT2D eigenvalue weighted by atomic mass is 10.1. The number of ether oxygens (including phenoxy) is 2. The van der Waals surface area contributed by atoms with Gasteiger partial charge in [0.2, 0.25) is 5.82 Å². The van der Waals surface area contributed by atoms with Crippen LogP contribution in [0.4, 0.5) is 14.5 Å². The number of hydrogen-bond acceptors (Lipinski definition) is 7. The predicted octanol–water partition coefficient (Wildman–Crippen LogP) is 2.20. The van der Waals surface area contributed by atoms with Crippen LogP contribution in [0.1, 0.15) is 15.9 Å². The van der Waals surface area contributed by atoms with E-state index in [1.165, 1.54) is 12.1 Å². The van der Waals surface area contributed by atoms with Crippen LogP contribution < -0.4 is 14.8 Å². The van der Waals surface area contributed by atoms with Crippen molar-refractivity contribution < 1.29 is 23.0 Å². The standard InChI is InChI=1S/C17H10F2N6O3/c18-17(19)27-12-5-10-6-14(20-11(10)7-13(12)28-17)21-16(26)9-3-1-2-8(4-9)15-22-24-25-23-15/h1-5,7H,6H2,(H,20,21,26)(H,22,23,24,25). The zero-order chi connectivity index (χ0) is 19.3. The Bertz CT molecular complexity index is 1130. The van der Waals surface area contributed by atoms with Gasteiger partial charge in [-0.2, -0.15) is 5.21 Å². The van der Waals surface area contributed by atoms with Crippen molar-refractivity contribution in [3.05, 3.63) is 47.5 Å². The van der Waals surface area contributed by atoms with Crippen LogP contribution in [0.5, 0.6) is 11.5 Å². The molecule has 0 radical (unpaired) electrons. The molecule has 0 saturated carbocycles. The Labute approximate surface area is 155 Å². The third-order valence-electron chi connectivity index (χ3n) is 4.20. The molecule has 11 heteroatoms. The minimum absolute atomic E-state index is 0.0562. The van der Waals surface area contributed by atoms with Gasteiger partial charge in [0.25, 0.3) is 5.91 Å². The van der Waals surface area contributed by atoms with E-state index in [1.54, 1.807) is 24.3 Å². The minimum Gasteiger partial charge on any atom is -0.395 e. The number of benzene rings is 2. The van der Waals surface area contributed by atoms with Crippen LogP contribution in [0.2, 0.25) is 0 Å². The maximum absolute atomic E-state index is 13.1. The maximum Gasteiger partial charge on any atom is 0.586 e. The van der Waals surface area contributed by atoms with Gasteiger partial charge in [-0.3, -0.25) is 4.79 Å². The molecule has 3 heterocycles. The number of aromatic nitrogens is 4. The summed E-state index contributed by atoms with van der Waals surface area (Å²) in [7, 11) is 0. The van der Waals surface area contributed by atoms with E-state index in [2.05, 4.69) is 40.4 Å². The van der Waals surface area contributed by atoms with Gasteiger partial charge in [0.05, 0.1) is 5.69 Å². The van der Waals surface area contributed by atoms with Gasteiger partial charge in [-0.25, -0.2) is 4.99 Å². The fraction of sp³-hybridized carbons (Fsp3) is 0.118. The Hall–Kier alpha value is -3.89. The first-order valence-corrected chi connectivity index (χ1v) is 8.12. The van der Waals surface area contributed by atoms with E-state index in [9.17, 15) is 13.6 Å². The second-order valence-corrected chi connectivity index (χ2v) is 6.10. The van der Waals surface area contributed by atoms with Gasteiger partial charge in [0.15, 0.2) is 11.5 Å². The molecule has 2 aliphatic rings. The summed E-state index contributed by atoms with van der Waals surface area (Å²) in [6.45, 7) is 0. The normalized spacial score (nSPS) is 15.9. The molecule has 1 aromatic heterocycles. The lowest BCUT2D eigenvalue weighted by Gasteiger charge is -2.05. The maximum atomic E-state index is 13.1. The molecule has 2 aliphatic heterocycles. The van der Waals surface area contributed by atoms with Crippen molar-refractivity contribution in [1.82, 2.24) is 25.9 Å². The molecule has 28 heavy (non-hydrogen) atoms. The van der Waals surface area contributed by atoms with Gasteiger partial charge in [0.1, 0.15) is 5.84 Å². The molecule has 0 spiro atoms. The van der Waals surface area contributed by atoms with Crippen LogP contribution >= 0.6 is 0 Å². The van der Waals surface area contributed by atoms with E-state index in [4.69, 9.17) is 0 Å². The van der Waals surface area contributed by atoms with Crippen molar-refractivity contribution in [3.63, 3.8) is 0 Å². The van der Waals surface area contributed by atoms with Crippen LogP contribution in [-0.2, 0) is 6.42 Å². The number of carbonyl (C=O) groups excluding carboxylic acids is 1. The average Bonchev–Trinajstić information content (AvgIpc) is 3.36. The smallest absolute Gasteiger partial charge is 0.395 e. The largest absolute Gasteiger partial charge is 0.586 e. The number of nitrogens with zero attached hydrogens (tertiary/aromatic N) is 4. The highest BCUT2D eigenvalue weighted by Gasteiger charge is 2.44. The Kier molecular flexibility index (Phi) is 3.38. The first-order chi connectivity index (χ1) is 13.5. The van der Waals surface area contributed by atoms with Crippen molar-refractivity contribution in [2.45, 2.75) is 12.7 Å². The van der Waals surface area contributed by atoms with Crippen LogP contribution in [0.3, 0.4) is 0 Å². The molecular weight excluding hydrogens is 374 g/mol. The van der Waals surface area contributed by atoms with E-state index < -0.39 is 6.29 Å². The van der Waals surface area contributed by atoms with Gasteiger partial charge >= 0.3 is 6.29 Å². The van der Waals surface area contributed by atoms with E-state index in [0.29, 0.717) is 34.0 Å². The van der Waals surface area contributed by atoms with Gasteiger partial charge < -0.3 is 14.8 Å². The number of tetrazole rings is 1. The van der Waals surface area contributed by atoms with Crippen molar-refractivity contribution in [3.8, 4) is 22.9 Å². The summed E-state index contributed by atoms with van der Waals surface area (Å²) in [5, 5.41) is 16.3. The van der Waals surface area contributed by atoms with Gasteiger partial charge in [-0.1, -0.05) is 12.1 Å². The lowest BCUT2D eigenvalue weighted by Crippen LogP contribution is -2.30. The molecule has 0 bridgehead atoms.